The Morgan fingerprint density at radius 1 is 1.50 bits per heavy atom. The van der Waals surface area contributed by atoms with E-state index in [0.717, 1.165) is 31.9 Å². The average Bonchev–Trinajstić information content (AvgIpc) is 2.40. The third-order valence-corrected chi connectivity index (χ3v) is 3.56. The van der Waals surface area contributed by atoms with Crippen LogP contribution in [-0.2, 0) is 0 Å². The van der Waals surface area contributed by atoms with Crippen LogP contribution in [0, 0.1) is 0 Å². The minimum atomic E-state index is 0.552. The van der Waals surface area contributed by atoms with Crippen molar-refractivity contribution in [3.05, 3.63) is 17.5 Å². The molecule has 0 radical (unpaired) electrons. The van der Waals surface area contributed by atoms with Gasteiger partial charge in [-0.15, -0.1) is 0 Å². The van der Waals surface area contributed by atoms with Gasteiger partial charge in [0.1, 0.15) is 11.3 Å². The van der Waals surface area contributed by atoms with Crippen LogP contribution in [-0.4, -0.2) is 35.6 Å². The lowest BCUT2D eigenvalue weighted by Gasteiger charge is -2.31. The van der Waals surface area contributed by atoms with Gasteiger partial charge in [-0.3, -0.25) is 0 Å². The Balaban J connectivity index is 2.05. The van der Waals surface area contributed by atoms with Gasteiger partial charge in [-0.1, -0.05) is 24.9 Å². The lowest BCUT2D eigenvalue weighted by atomic mass is 10.0. The highest BCUT2D eigenvalue weighted by molar-refractivity contribution is 6.32. The van der Waals surface area contributed by atoms with Gasteiger partial charge in [-0.2, -0.15) is 0 Å². The Morgan fingerprint density at radius 3 is 3.06 bits per heavy atom. The van der Waals surface area contributed by atoms with E-state index in [2.05, 4.69) is 27.1 Å². The molecule has 0 amide bonds. The summed E-state index contributed by atoms with van der Waals surface area (Å²) in [6.07, 6.45) is 8.17. The standard InChI is InChI=1S/C13H21ClN4/c1-2-7-18(9-11-5-3-4-6-16-11)13-12(14)8-15-10-17-13/h8,10-11,16H,2-7,9H2,1H3. The predicted octanol–water partition coefficient (Wildman–Crippen LogP) is 2.49. The number of rotatable bonds is 5. The largest absolute Gasteiger partial charge is 0.354 e. The summed E-state index contributed by atoms with van der Waals surface area (Å²) < 4.78 is 0. The van der Waals surface area contributed by atoms with E-state index >= 15 is 0 Å². The molecular weight excluding hydrogens is 248 g/mol. The molecule has 1 aliphatic heterocycles. The number of hydrogen-bond donors (Lipinski definition) is 1. The molecule has 0 bridgehead atoms. The molecule has 1 aromatic rings. The van der Waals surface area contributed by atoms with Crippen molar-refractivity contribution in [1.29, 1.82) is 0 Å². The van der Waals surface area contributed by atoms with E-state index in [4.69, 9.17) is 11.6 Å². The monoisotopic (exact) mass is 268 g/mol. The van der Waals surface area contributed by atoms with E-state index in [1.807, 2.05) is 0 Å². The summed E-state index contributed by atoms with van der Waals surface area (Å²) in [5.74, 6) is 0.862. The summed E-state index contributed by atoms with van der Waals surface area (Å²) in [6, 6.07) is 0.552. The molecule has 1 atom stereocenters. The van der Waals surface area contributed by atoms with Gasteiger partial charge in [0.05, 0.1) is 6.20 Å². The van der Waals surface area contributed by atoms with Crippen LogP contribution in [0.25, 0.3) is 0 Å². The Labute approximate surface area is 114 Å². The van der Waals surface area contributed by atoms with Crippen molar-refractivity contribution in [3.8, 4) is 0 Å². The van der Waals surface area contributed by atoms with Crippen molar-refractivity contribution in [3.63, 3.8) is 0 Å². The van der Waals surface area contributed by atoms with Gasteiger partial charge in [0.15, 0.2) is 5.82 Å². The second-order valence-electron chi connectivity index (χ2n) is 4.79. The molecule has 0 aliphatic carbocycles. The van der Waals surface area contributed by atoms with Crippen molar-refractivity contribution in [1.82, 2.24) is 15.3 Å². The molecular formula is C13H21ClN4. The lowest BCUT2D eigenvalue weighted by molar-refractivity contribution is 0.398. The summed E-state index contributed by atoms with van der Waals surface area (Å²) in [5, 5.41) is 4.21. The number of halogens is 1. The second kappa shape index (κ2) is 6.90. The van der Waals surface area contributed by atoms with E-state index < -0.39 is 0 Å². The number of piperidine rings is 1. The van der Waals surface area contributed by atoms with Gasteiger partial charge >= 0.3 is 0 Å². The Kier molecular flexibility index (Phi) is 5.20. The molecule has 18 heavy (non-hydrogen) atoms. The van der Waals surface area contributed by atoms with Gasteiger partial charge in [0, 0.05) is 19.1 Å². The molecule has 1 aliphatic rings. The summed E-state index contributed by atoms with van der Waals surface area (Å²) in [5.41, 5.74) is 0. The van der Waals surface area contributed by atoms with Crippen LogP contribution in [0.3, 0.4) is 0 Å². The van der Waals surface area contributed by atoms with Crippen LogP contribution in [0.4, 0.5) is 5.82 Å². The molecule has 1 N–H and O–H groups in total. The molecule has 2 heterocycles. The molecule has 1 fully saturated rings. The summed E-state index contributed by atoms with van der Waals surface area (Å²) in [7, 11) is 0. The third kappa shape index (κ3) is 3.56. The van der Waals surface area contributed by atoms with Crippen molar-refractivity contribution in [2.45, 2.75) is 38.6 Å². The first kappa shape index (κ1) is 13.6. The predicted molar refractivity (Wildman–Crippen MR) is 75.2 cm³/mol. The van der Waals surface area contributed by atoms with Crippen molar-refractivity contribution >= 4 is 17.4 Å². The highest BCUT2D eigenvalue weighted by Gasteiger charge is 2.18. The van der Waals surface area contributed by atoms with E-state index in [9.17, 15) is 0 Å². The highest BCUT2D eigenvalue weighted by Crippen LogP contribution is 2.22. The zero-order valence-electron chi connectivity index (χ0n) is 10.9. The summed E-state index contributed by atoms with van der Waals surface area (Å²) in [6.45, 7) is 5.26. The smallest absolute Gasteiger partial charge is 0.150 e. The van der Waals surface area contributed by atoms with Crippen molar-refractivity contribution < 1.29 is 0 Å². The van der Waals surface area contributed by atoms with Crippen LogP contribution in [0.2, 0.25) is 5.02 Å². The molecule has 2 rings (SSSR count). The van der Waals surface area contributed by atoms with Gasteiger partial charge < -0.3 is 10.2 Å². The minimum Gasteiger partial charge on any atom is -0.354 e. The quantitative estimate of drug-likeness (QED) is 0.891. The third-order valence-electron chi connectivity index (χ3n) is 3.29. The number of nitrogens with one attached hydrogen (secondary N) is 1. The topological polar surface area (TPSA) is 41.0 Å². The molecule has 1 saturated heterocycles. The van der Waals surface area contributed by atoms with Crippen molar-refractivity contribution in [2.75, 3.05) is 24.5 Å². The molecule has 100 valence electrons. The van der Waals surface area contributed by atoms with Crippen LogP contribution in [0.5, 0.6) is 0 Å². The molecule has 5 heteroatoms. The van der Waals surface area contributed by atoms with E-state index in [0.29, 0.717) is 11.1 Å². The highest BCUT2D eigenvalue weighted by atomic mass is 35.5. The first-order chi connectivity index (χ1) is 8.81. The maximum absolute atomic E-state index is 6.19. The molecule has 0 saturated carbocycles. The number of hydrogen-bond acceptors (Lipinski definition) is 4. The van der Waals surface area contributed by atoms with Crippen LogP contribution >= 0.6 is 11.6 Å². The second-order valence-corrected chi connectivity index (χ2v) is 5.19. The maximum Gasteiger partial charge on any atom is 0.150 e. The molecule has 4 nitrogen and oxygen atoms in total. The number of anilines is 1. The molecule has 0 aromatic carbocycles. The number of nitrogens with zero attached hydrogens (tertiary/aromatic N) is 3. The van der Waals surface area contributed by atoms with E-state index in [1.165, 1.54) is 19.3 Å². The SMILES string of the molecule is CCCN(CC1CCCCN1)c1ncncc1Cl. The Hall–Kier alpha value is -0.870. The summed E-state index contributed by atoms with van der Waals surface area (Å²) in [4.78, 5) is 10.5. The van der Waals surface area contributed by atoms with Crippen LogP contribution in [0.1, 0.15) is 32.6 Å². The van der Waals surface area contributed by atoms with Crippen LogP contribution < -0.4 is 10.2 Å². The van der Waals surface area contributed by atoms with Gasteiger partial charge in [0.2, 0.25) is 0 Å². The Bertz CT molecular complexity index is 366. The first-order valence-electron chi connectivity index (χ1n) is 6.75. The van der Waals surface area contributed by atoms with Crippen molar-refractivity contribution in [2.24, 2.45) is 0 Å². The van der Waals surface area contributed by atoms with E-state index in [1.54, 1.807) is 12.5 Å². The maximum atomic E-state index is 6.19. The van der Waals surface area contributed by atoms with Crippen LogP contribution in [0.15, 0.2) is 12.5 Å². The summed E-state index contributed by atoms with van der Waals surface area (Å²) >= 11 is 6.19. The zero-order chi connectivity index (χ0) is 12.8. The first-order valence-corrected chi connectivity index (χ1v) is 7.13. The normalized spacial score (nSPS) is 19.8. The lowest BCUT2D eigenvalue weighted by Crippen LogP contribution is -2.44. The fourth-order valence-corrected chi connectivity index (χ4v) is 2.66. The van der Waals surface area contributed by atoms with Gasteiger partial charge in [-0.05, 0) is 25.8 Å². The zero-order valence-corrected chi connectivity index (χ0v) is 11.7. The molecule has 0 spiro atoms. The molecule has 1 unspecified atom stereocenters. The van der Waals surface area contributed by atoms with E-state index in [-0.39, 0.29) is 0 Å². The van der Waals surface area contributed by atoms with Gasteiger partial charge in [0.25, 0.3) is 0 Å². The Morgan fingerprint density at radius 2 is 2.39 bits per heavy atom. The molecule has 1 aromatic heterocycles. The fraction of sp³-hybridized carbons (Fsp3) is 0.692. The average molecular weight is 269 g/mol. The van der Waals surface area contributed by atoms with Gasteiger partial charge in [-0.25, -0.2) is 9.97 Å². The number of aromatic nitrogens is 2. The fourth-order valence-electron chi connectivity index (χ4n) is 2.44. The minimum absolute atomic E-state index is 0.552.